The Morgan fingerprint density at radius 3 is 2.42 bits per heavy atom. The second-order valence-corrected chi connectivity index (χ2v) is 6.33. The van der Waals surface area contributed by atoms with Gasteiger partial charge in [-0.2, -0.15) is 0 Å². The Kier molecular flexibility index (Phi) is 3.85. The minimum absolute atomic E-state index is 0.0411. The van der Waals surface area contributed by atoms with Crippen LogP contribution in [-0.2, 0) is 9.59 Å². The minimum Gasteiger partial charge on any atom is -0.481 e. The molecule has 2 aliphatic rings. The summed E-state index contributed by atoms with van der Waals surface area (Å²) in [4.78, 5) is 23.9. The Labute approximate surface area is 113 Å². The van der Waals surface area contributed by atoms with Crippen LogP contribution in [0.1, 0.15) is 51.9 Å². The Hall–Kier alpha value is -1.10. The molecule has 2 saturated carbocycles. The number of carboxylic acids is 1. The Morgan fingerprint density at radius 1 is 1.26 bits per heavy atom. The monoisotopic (exact) mass is 268 g/mol. The zero-order valence-corrected chi connectivity index (χ0v) is 11.6. The van der Waals surface area contributed by atoms with Gasteiger partial charge >= 0.3 is 5.97 Å². The number of nitrogens with one attached hydrogen (secondary N) is 1. The van der Waals surface area contributed by atoms with E-state index >= 15 is 0 Å². The van der Waals surface area contributed by atoms with Crippen LogP contribution in [0.25, 0.3) is 0 Å². The number of carbonyl (C=O) groups excluding carboxylic acids is 1. The van der Waals surface area contributed by atoms with Gasteiger partial charge in [0.1, 0.15) is 0 Å². The van der Waals surface area contributed by atoms with E-state index in [4.69, 9.17) is 5.73 Å². The third-order valence-corrected chi connectivity index (χ3v) is 5.18. The van der Waals surface area contributed by atoms with Crippen LogP contribution in [0.15, 0.2) is 0 Å². The molecule has 0 aliphatic heterocycles. The van der Waals surface area contributed by atoms with E-state index in [1.54, 1.807) is 6.92 Å². The van der Waals surface area contributed by atoms with E-state index in [0.29, 0.717) is 13.0 Å². The lowest BCUT2D eigenvalue weighted by Gasteiger charge is -2.44. The SMILES string of the molecule is CC1(C(=O)O)CCCCC1NC(=O)C1(CN)CCC1. The molecule has 5 nitrogen and oxygen atoms in total. The molecular formula is C14H24N2O3. The molecule has 0 aromatic rings. The van der Waals surface area contributed by atoms with E-state index < -0.39 is 16.8 Å². The maximum Gasteiger partial charge on any atom is 0.311 e. The fourth-order valence-corrected chi connectivity index (χ4v) is 3.26. The van der Waals surface area contributed by atoms with E-state index in [-0.39, 0.29) is 11.9 Å². The standard InChI is InChI=1S/C14H24N2O3/c1-13(12(18)19)6-3-2-5-10(13)16-11(17)14(9-15)7-4-8-14/h10H,2-9,15H2,1H3,(H,16,17)(H,18,19). The highest BCUT2D eigenvalue weighted by Crippen LogP contribution is 2.42. The van der Waals surface area contributed by atoms with Gasteiger partial charge in [-0.1, -0.05) is 19.3 Å². The van der Waals surface area contributed by atoms with E-state index in [1.165, 1.54) is 0 Å². The normalized spacial score (nSPS) is 33.3. The summed E-state index contributed by atoms with van der Waals surface area (Å²) in [7, 11) is 0. The van der Waals surface area contributed by atoms with Gasteiger partial charge in [-0.3, -0.25) is 9.59 Å². The second kappa shape index (κ2) is 5.12. The van der Waals surface area contributed by atoms with Crippen LogP contribution < -0.4 is 11.1 Å². The van der Waals surface area contributed by atoms with Crippen molar-refractivity contribution in [2.24, 2.45) is 16.6 Å². The van der Waals surface area contributed by atoms with Gasteiger partial charge in [-0.15, -0.1) is 0 Å². The minimum atomic E-state index is -0.840. The van der Waals surface area contributed by atoms with Crippen LogP contribution >= 0.6 is 0 Å². The Bertz CT molecular complexity index is 373. The number of hydrogen-bond donors (Lipinski definition) is 3. The number of hydrogen-bond acceptors (Lipinski definition) is 3. The molecule has 0 bridgehead atoms. The summed E-state index contributed by atoms with van der Waals surface area (Å²) >= 11 is 0. The predicted molar refractivity (Wildman–Crippen MR) is 71.5 cm³/mol. The van der Waals surface area contributed by atoms with Gasteiger partial charge in [0.15, 0.2) is 0 Å². The van der Waals surface area contributed by atoms with Crippen LogP contribution in [-0.4, -0.2) is 29.6 Å². The largest absolute Gasteiger partial charge is 0.481 e. The summed E-state index contributed by atoms with van der Waals surface area (Å²) in [5.41, 5.74) is 4.45. The van der Waals surface area contributed by atoms with Crippen molar-refractivity contribution in [3.05, 3.63) is 0 Å². The molecule has 0 aromatic carbocycles. The first kappa shape index (κ1) is 14.3. The molecule has 0 radical (unpaired) electrons. The molecular weight excluding hydrogens is 244 g/mol. The summed E-state index contributed by atoms with van der Waals surface area (Å²) in [6, 6.07) is -0.268. The molecule has 2 fully saturated rings. The van der Waals surface area contributed by atoms with Crippen LogP contribution in [0.3, 0.4) is 0 Å². The topological polar surface area (TPSA) is 92.4 Å². The fourth-order valence-electron chi connectivity index (χ4n) is 3.26. The number of nitrogens with two attached hydrogens (primary N) is 1. The van der Waals surface area contributed by atoms with Crippen molar-refractivity contribution in [1.29, 1.82) is 0 Å². The van der Waals surface area contributed by atoms with Gasteiger partial charge in [-0.25, -0.2) is 0 Å². The fraction of sp³-hybridized carbons (Fsp3) is 0.857. The molecule has 108 valence electrons. The van der Waals surface area contributed by atoms with E-state index in [2.05, 4.69) is 5.32 Å². The third kappa shape index (κ3) is 2.36. The zero-order chi connectivity index (χ0) is 14.1. The van der Waals surface area contributed by atoms with Crippen molar-refractivity contribution in [3.8, 4) is 0 Å². The van der Waals surface area contributed by atoms with Gasteiger partial charge in [0.05, 0.1) is 10.8 Å². The number of amides is 1. The summed E-state index contributed by atoms with van der Waals surface area (Å²) < 4.78 is 0. The van der Waals surface area contributed by atoms with Crippen LogP contribution in [0.5, 0.6) is 0 Å². The summed E-state index contributed by atoms with van der Waals surface area (Å²) in [6.07, 6.45) is 5.95. The third-order valence-electron chi connectivity index (χ3n) is 5.18. The molecule has 2 atom stereocenters. The van der Waals surface area contributed by atoms with E-state index in [1.807, 2.05) is 0 Å². The van der Waals surface area contributed by atoms with Gasteiger partial charge in [0, 0.05) is 12.6 Å². The lowest BCUT2D eigenvalue weighted by Crippen LogP contribution is -2.58. The van der Waals surface area contributed by atoms with Crippen LogP contribution in [0.2, 0.25) is 0 Å². The second-order valence-electron chi connectivity index (χ2n) is 6.33. The summed E-state index contributed by atoms with van der Waals surface area (Å²) in [6.45, 7) is 2.10. The van der Waals surface area contributed by atoms with Crippen molar-refractivity contribution >= 4 is 11.9 Å². The maximum absolute atomic E-state index is 12.4. The molecule has 0 spiro atoms. The molecule has 0 saturated heterocycles. The van der Waals surface area contributed by atoms with Crippen molar-refractivity contribution in [3.63, 3.8) is 0 Å². The first-order valence-electron chi connectivity index (χ1n) is 7.19. The average molecular weight is 268 g/mol. The van der Waals surface area contributed by atoms with Gasteiger partial charge in [-0.05, 0) is 32.6 Å². The molecule has 2 unspecified atom stereocenters. The molecule has 2 rings (SSSR count). The van der Waals surface area contributed by atoms with Gasteiger partial charge in [0.25, 0.3) is 0 Å². The number of aliphatic carboxylic acids is 1. The highest BCUT2D eigenvalue weighted by Gasteiger charge is 2.48. The first-order valence-corrected chi connectivity index (χ1v) is 7.19. The Morgan fingerprint density at radius 2 is 1.95 bits per heavy atom. The highest BCUT2D eigenvalue weighted by atomic mass is 16.4. The lowest BCUT2D eigenvalue weighted by atomic mass is 9.66. The molecule has 0 aromatic heterocycles. The van der Waals surface area contributed by atoms with Gasteiger partial charge < -0.3 is 16.2 Å². The molecule has 5 heteroatoms. The quantitative estimate of drug-likeness (QED) is 0.715. The number of rotatable bonds is 4. The van der Waals surface area contributed by atoms with Crippen molar-refractivity contribution in [2.75, 3.05) is 6.54 Å². The Balaban J connectivity index is 2.08. The van der Waals surface area contributed by atoms with Crippen molar-refractivity contribution < 1.29 is 14.7 Å². The highest BCUT2D eigenvalue weighted by molar-refractivity contribution is 5.85. The number of carbonyl (C=O) groups is 2. The average Bonchev–Trinajstić information content (AvgIpc) is 2.31. The number of carboxylic acid groups (broad SMARTS) is 1. The predicted octanol–water partition coefficient (Wildman–Crippen LogP) is 1.27. The molecule has 0 heterocycles. The molecule has 1 amide bonds. The molecule has 2 aliphatic carbocycles. The summed E-state index contributed by atoms with van der Waals surface area (Å²) in [5, 5.41) is 12.4. The lowest BCUT2D eigenvalue weighted by molar-refractivity contribution is -0.153. The molecule has 19 heavy (non-hydrogen) atoms. The maximum atomic E-state index is 12.4. The van der Waals surface area contributed by atoms with E-state index in [0.717, 1.165) is 38.5 Å². The first-order chi connectivity index (χ1) is 8.94. The van der Waals surface area contributed by atoms with Crippen LogP contribution in [0.4, 0.5) is 0 Å². The van der Waals surface area contributed by atoms with Gasteiger partial charge in [0.2, 0.25) is 5.91 Å². The van der Waals surface area contributed by atoms with E-state index in [9.17, 15) is 14.7 Å². The van der Waals surface area contributed by atoms with Crippen LogP contribution in [0, 0.1) is 10.8 Å². The molecule has 4 N–H and O–H groups in total. The zero-order valence-electron chi connectivity index (χ0n) is 11.6. The summed E-state index contributed by atoms with van der Waals surface area (Å²) in [5.74, 6) is -0.853. The van der Waals surface area contributed by atoms with Crippen molar-refractivity contribution in [1.82, 2.24) is 5.32 Å². The smallest absolute Gasteiger partial charge is 0.311 e. The van der Waals surface area contributed by atoms with Crippen molar-refractivity contribution in [2.45, 2.75) is 57.9 Å².